The normalized spacial score (nSPS) is 10.8. The predicted molar refractivity (Wildman–Crippen MR) is 89.1 cm³/mol. The smallest absolute Gasteiger partial charge is 0.250 e. The van der Waals surface area contributed by atoms with E-state index in [0.29, 0.717) is 10.8 Å². The average Bonchev–Trinajstić information content (AvgIpc) is 2.49. The first-order chi connectivity index (χ1) is 10.1. The Labute approximate surface area is 133 Å². The third-order valence-corrected chi connectivity index (χ3v) is 4.05. The number of rotatable bonds is 5. The van der Waals surface area contributed by atoms with Crippen molar-refractivity contribution in [2.24, 2.45) is 5.10 Å². The third-order valence-electron chi connectivity index (χ3n) is 2.69. The number of hydrogen-bond acceptors (Lipinski definition) is 3. The number of hydrogen-bond donors (Lipinski definition) is 1. The van der Waals surface area contributed by atoms with Crippen molar-refractivity contribution in [2.75, 3.05) is 5.75 Å². The molecule has 0 aliphatic rings. The Morgan fingerprint density at radius 3 is 2.67 bits per heavy atom. The summed E-state index contributed by atoms with van der Waals surface area (Å²) in [6, 6.07) is 15.4. The van der Waals surface area contributed by atoms with Gasteiger partial charge in [0.15, 0.2) is 0 Å². The van der Waals surface area contributed by atoms with Crippen LogP contribution in [0, 0.1) is 6.92 Å². The third kappa shape index (κ3) is 5.25. The van der Waals surface area contributed by atoms with Gasteiger partial charge < -0.3 is 0 Å². The lowest BCUT2D eigenvalue weighted by atomic mass is 10.2. The Kier molecular flexibility index (Phi) is 5.84. The quantitative estimate of drug-likeness (QED) is 0.516. The maximum absolute atomic E-state index is 11.7. The van der Waals surface area contributed by atoms with Crippen molar-refractivity contribution in [3.8, 4) is 0 Å². The van der Waals surface area contributed by atoms with Crippen LogP contribution in [0.4, 0.5) is 0 Å². The summed E-state index contributed by atoms with van der Waals surface area (Å²) < 4.78 is 0. The van der Waals surface area contributed by atoms with Crippen LogP contribution < -0.4 is 5.43 Å². The largest absolute Gasteiger partial charge is 0.272 e. The molecular formula is C16H15ClN2OS. The maximum atomic E-state index is 11.7. The van der Waals surface area contributed by atoms with E-state index < -0.39 is 0 Å². The number of nitrogens with zero attached hydrogens (tertiary/aromatic N) is 1. The van der Waals surface area contributed by atoms with Crippen molar-refractivity contribution in [3.05, 3.63) is 64.7 Å². The number of hydrazone groups is 1. The van der Waals surface area contributed by atoms with Crippen molar-refractivity contribution < 1.29 is 4.79 Å². The highest BCUT2D eigenvalue weighted by Crippen LogP contribution is 2.17. The molecule has 0 spiro atoms. The summed E-state index contributed by atoms with van der Waals surface area (Å²) in [6.45, 7) is 2.03. The number of benzene rings is 2. The summed E-state index contributed by atoms with van der Waals surface area (Å²) in [5.41, 5.74) is 4.46. The van der Waals surface area contributed by atoms with Gasteiger partial charge in [-0.1, -0.05) is 47.5 Å². The van der Waals surface area contributed by atoms with E-state index in [4.69, 9.17) is 11.6 Å². The van der Waals surface area contributed by atoms with E-state index in [1.807, 2.05) is 49.4 Å². The number of thioether (sulfide) groups is 1. The van der Waals surface area contributed by atoms with Crippen LogP contribution >= 0.6 is 23.4 Å². The molecule has 21 heavy (non-hydrogen) atoms. The number of carbonyl (C=O) groups excluding carboxylic acids is 1. The van der Waals surface area contributed by atoms with Crippen molar-refractivity contribution in [1.29, 1.82) is 0 Å². The molecule has 0 aliphatic carbocycles. The van der Waals surface area contributed by atoms with Gasteiger partial charge in [0.05, 0.1) is 12.0 Å². The number of amides is 1. The minimum atomic E-state index is -0.149. The Balaban J connectivity index is 1.80. The van der Waals surface area contributed by atoms with Crippen molar-refractivity contribution in [2.45, 2.75) is 11.8 Å². The van der Waals surface area contributed by atoms with E-state index in [1.54, 1.807) is 6.07 Å². The molecule has 0 aliphatic heterocycles. The highest BCUT2D eigenvalue weighted by molar-refractivity contribution is 8.00. The Bertz CT molecular complexity index is 641. The molecule has 2 aromatic rings. The summed E-state index contributed by atoms with van der Waals surface area (Å²) in [6.07, 6.45) is 1.54. The first kappa shape index (κ1) is 15.6. The SMILES string of the molecule is Cc1ccc(SCC(=O)N/N=C/c2ccccc2Cl)cc1. The second-order valence-electron chi connectivity index (χ2n) is 4.42. The molecule has 0 aromatic heterocycles. The maximum Gasteiger partial charge on any atom is 0.250 e. The molecule has 0 unspecified atom stereocenters. The summed E-state index contributed by atoms with van der Waals surface area (Å²) in [7, 11) is 0. The molecule has 108 valence electrons. The molecule has 2 rings (SSSR count). The number of halogens is 1. The monoisotopic (exact) mass is 318 g/mol. The van der Waals surface area contributed by atoms with Crippen LogP contribution in [0.1, 0.15) is 11.1 Å². The number of aryl methyl sites for hydroxylation is 1. The van der Waals surface area contributed by atoms with Crippen LogP contribution in [0.5, 0.6) is 0 Å². The fraction of sp³-hybridized carbons (Fsp3) is 0.125. The van der Waals surface area contributed by atoms with Crippen LogP contribution in [0.2, 0.25) is 5.02 Å². The van der Waals surface area contributed by atoms with Gasteiger partial charge in [-0.2, -0.15) is 5.10 Å². The lowest BCUT2D eigenvalue weighted by molar-refractivity contribution is -0.118. The second kappa shape index (κ2) is 7.86. The van der Waals surface area contributed by atoms with Gasteiger partial charge in [0.25, 0.3) is 0 Å². The molecule has 0 radical (unpaired) electrons. The van der Waals surface area contributed by atoms with Crippen LogP contribution in [0.15, 0.2) is 58.5 Å². The van der Waals surface area contributed by atoms with Gasteiger partial charge in [-0.3, -0.25) is 4.79 Å². The number of nitrogens with one attached hydrogen (secondary N) is 1. The summed E-state index contributed by atoms with van der Waals surface area (Å²) in [5.74, 6) is 0.173. The zero-order valence-electron chi connectivity index (χ0n) is 11.5. The highest BCUT2D eigenvalue weighted by Gasteiger charge is 2.01. The zero-order valence-corrected chi connectivity index (χ0v) is 13.1. The lowest BCUT2D eigenvalue weighted by Crippen LogP contribution is -2.19. The molecule has 0 heterocycles. The predicted octanol–water partition coefficient (Wildman–Crippen LogP) is 3.89. The molecule has 0 saturated heterocycles. The Morgan fingerprint density at radius 1 is 1.24 bits per heavy atom. The molecule has 1 amide bonds. The van der Waals surface area contributed by atoms with E-state index in [2.05, 4.69) is 10.5 Å². The molecule has 3 nitrogen and oxygen atoms in total. The zero-order chi connectivity index (χ0) is 15.1. The van der Waals surface area contributed by atoms with Crippen molar-refractivity contribution in [3.63, 3.8) is 0 Å². The molecule has 2 aromatic carbocycles. The topological polar surface area (TPSA) is 41.5 Å². The van der Waals surface area contributed by atoms with Crippen molar-refractivity contribution in [1.82, 2.24) is 5.43 Å². The molecule has 0 saturated carbocycles. The fourth-order valence-corrected chi connectivity index (χ4v) is 2.44. The highest BCUT2D eigenvalue weighted by atomic mass is 35.5. The minimum Gasteiger partial charge on any atom is -0.272 e. The van der Waals surface area contributed by atoms with Gasteiger partial charge in [-0.15, -0.1) is 11.8 Å². The van der Waals surface area contributed by atoms with Crippen LogP contribution in [0.25, 0.3) is 0 Å². The Morgan fingerprint density at radius 2 is 1.95 bits per heavy atom. The van der Waals surface area contributed by atoms with E-state index >= 15 is 0 Å². The van der Waals surface area contributed by atoms with Crippen LogP contribution in [-0.2, 0) is 4.79 Å². The Hall–Kier alpha value is -1.78. The second-order valence-corrected chi connectivity index (χ2v) is 5.87. The van der Waals surface area contributed by atoms with Crippen LogP contribution in [0.3, 0.4) is 0 Å². The van der Waals surface area contributed by atoms with Gasteiger partial charge in [0, 0.05) is 15.5 Å². The first-order valence-electron chi connectivity index (χ1n) is 6.41. The van der Waals surface area contributed by atoms with Gasteiger partial charge >= 0.3 is 0 Å². The minimum absolute atomic E-state index is 0.149. The van der Waals surface area contributed by atoms with Gasteiger partial charge in [0.1, 0.15) is 0 Å². The van der Waals surface area contributed by atoms with E-state index in [0.717, 1.165) is 10.5 Å². The molecule has 0 fully saturated rings. The lowest BCUT2D eigenvalue weighted by Gasteiger charge is -2.01. The average molecular weight is 319 g/mol. The van der Waals surface area contributed by atoms with Crippen LogP contribution in [-0.4, -0.2) is 17.9 Å². The van der Waals surface area contributed by atoms with E-state index in [-0.39, 0.29) is 5.91 Å². The van der Waals surface area contributed by atoms with E-state index in [9.17, 15) is 4.79 Å². The summed E-state index contributed by atoms with van der Waals surface area (Å²) in [5, 5.41) is 4.51. The van der Waals surface area contributed by atoms with Gasteiger partial charge in [-0.05, 0) is 25.1 Å². The summed E-state index contributed by atoms with van der Waals surface area (Å²) >= 11 is 7.46. The fourth-order valence-electron chi connectivity index (χ4n) is 1.57. The van der Waals surface area contributed by atoms with E-state index in [1.165, 1.54) is 23.5 Å². The van der Waals surface area contributed by atoms with Crippen molar-refractivity contribution >= 4 is 35.5 Å². The summed E-state index contributed by atoms with van der Waals surface area (Å²) in [4.78, 5) is 12.7. The van der Waals surface area contributed by atoms with Gasteiger partial charge in [0.2, 0.25) is 5.91 Å². The molecule has 0 atom stereocenters. The molecule has 1 N–H and O–H groups in total. The molecule has 5 heteroatoms. The van der Waals surface area contributed by atoms with Gasteiger partial charge in [-0.25, -0.2) is 5.43 Å². The first-order valence-corrected chi connectivity index (χ1v) is 7.77. The standard InChI is InChI=1S/C16H15ClN2OS/c1-12-6-8-14(9-7-12)21-11-16(20)19-18-10-13-4-2-3-5-15(13)17/h2-10H,11H2,1H3,(H,19,20)/b18-10+. The molecular weight excluding hydrogens is 304 g/mol. The number of carbonyl (C=O) groups is 1. The molecule has 0 bridgehead atoms.